The van der Waals surface area contributed by atoms with Crippen LogP contribution in [0.2, 0.25) is 0 Å². The molecular weight excluding hydrogens is 301 g/mol. The molecule has 1 unspecified atom stereocenters. The summed E-state index contributed by atoms with van der Waals surface area (Å²) in [5.74, 6) is -0.408. The maximum atomic E-state index is 14.1. The van der Waals surface area contributed by atoms with Gasteiger partial charge in [-0.1, -0.05) is 6.07 Å². The third-order valence-electron chi connectivity index (χ3n) is 3.43. The highest BCUT2D eigenvalue weighted by Gasteiger charge is 2.28. The number of anilines is 2. The number of halogens is 1. The van der Waals surface area contributed by atoms with Crippen molar-refractivity contribution in [1.82, 2.24) is 5.32 Å². The van der Waals surface area contributed by atoms with E-state index in [9.17, 15) is 14.0 Å². The number of para-hydroxylation sites is 1. The standard InChI is InChI=1S/C16H22FN3O3/c1-16(2,3)23-15(22)19-11-7-8-20(9-11)14-12(17)5-4-6-13(14)18-10-21/h4-6,10-11H,7-9H2,1-3H3,(H,18,21)(H,19,22). The summed E-state index contributed by atoms with van der Waals surface area (Å²) < 4.78 is 19.4. The number of amides is 2. The van der Waals surface area contributed by atoms with Gasteiger partial charge in [-0.2, -0.15) is 0 Å². The monoisotopic (exact) mass is 323 g/mol. The molecule has 1 atom stereocenters. The molecule has 2 amide bonds. The molecule has 1 aromatic rings. The molecule has 1 fully saturated rings. The molecule has 126 valence electrons. The first kappa shape index (κ1) is 17.1. The van der Waals surface area contributed by atoms with Crippen molar-refractivity contribution < 1.29 is 18.7 Å². The van der Waals surface area contributed by atoms with Crippen LogP contribution < -0.4 is 15.5 Å². The highest BCUT2D eigenvalue weighted by atomic mass is 19.1. The molecule has 1 heterocycles. The molecule has 0 aliphatic carbocycles. The molecule has 1 aliphatic rings. The summed E-state index contributed by atoms with van der Waals surface area (Å²) in [4.78, 5) is 24.3. The maximum Gasteiger partial charge on any atom is 0.407 e. The van der Waals surface area contributed by atoms with Gasteiger partial charge in [0.05, 0.1) is 17.4 Å². The molecule has 23 heavy (non-hydrogen) atoms. The second kappa shape index (κ2) is 6.85. The summed E-state index contributed by atoms with van der Waals surface area (Å²) in [5, 5.41) is 5.30. The van der Waals surface area contributed by atoms with Gasteiger partial charge < -0.3 is 20.3 Å². The Bertz CT molecular complexity index is 586. The summed E-state index contributed by atoms with van der Waals surface area (Å²) in [6.07, 6.45) is 0.711. The number of nitrogens with one attached hydrogen (secondary N) is 2. The van der Waals surface area contributed by atoms with Gasteiger partial charge in [0.15, 0.2) is 0 Å². The van der Waals surface area contributed by atoms with Crippen molar-refractivity contribution in [2.24, 2.45) is 0 Å². The number of benzene rings is 1. The average molecular weight is 323 g/mol. The van der Waals surface area contributed by atoms with Crippen molar-refractivity contribution >= 4 is 23.9 Å². The lowest BCUT2D eigenvalue weighted by Gasteiger charge is -2.23. The molecule has 1 aliphatic heterocycles. The van der Waals surface area contributed by atoms with E-state index in [4.69, 9.17) is 4.74 Å². The summed E-state index contributed by atoms with van der Waals surface area (Å²) in [6.45, 7) is 6.42. The smallest absolute Gasteiger partial charge is 0.407 e. The highest BCUT2D eigenvalue weighted by molar-refractivity contribution is 5.82. The SMILES string of the molecule is CC(C)(C)OC(=O)NC1CCN(c2c(F)cccc2NC=O)C1. The number of carbonyl (C=O) groups is 2. The van der Waals surface area contributed by atoms with Crippen molar-refractivity contribution in [1.29, 1.82) is 0 Å². The van der Waals surface area contributed by atoms with Gasteiger partial charge in [-0.3, -0.25) is 4.79 Å². The predicted molar refractivity (Wildman–Crippen MR) is 86.1 cm³/mol. The quantitative estimate of drug-likeness (QED) is 0.835. The van der Waals surface area contributed by atoms with Gasteiger partial charge in [0, 0.05) is 13.1 Å². The highest BCUT2D eigenvalue weighted by Crippen LogP contribution is 2.31. The van der Waals surface area contributed by atoms with E-state index in [2.05, 4.69) is 10.6 Å². The fourth-order valence-electron chi connectivity index (χ4n) is 2.57. The third-order valence-corrected chi connectivity index (χ3v) is 3.43. The van der Waals surface area contributed by atoms with Crippen LogP contribution in [-0.2, 0) is 9.53 Å². The molecule has 1 aromatic carbocycles. The molecule has 0 saturated carbocycles. The van der Waals surface area contributed by atoms with E-state index in [0.29, 0.717) is 37.3 Å². The molecule has 0 spiro atoms. The molecule has 0 aromatic heterocycles. The van der Waals surface area contributed by atoms with Gasteiger partial charge in [0.2, 0.25) is 6.41 Å². The summed E-state index contributed by atoms with van der Waals surface area (Å²) in [7, 11) is 0. The van der Waals surface area contributed by atoms with Crippen LogP contribution in [0.1, 0.15) is 27.2 Å². The lowest BCUT2D eigenvalue weighted by molar-refractivity contribution is -0.105. The van der Waals surface area contributed by atoms with Crippen LogP contribution in [0.3, 0.4) is 0 Å². The van der Waals surface area contributed by atoms with E-state index in [1.165, 1.54) is 12.1 Å². The normalized spacial score (nSPS) is 17.7. The third kappa shape index (κ3) is 4.58. The number of ether oxygens (including phenoxy) is 1. The van der Waals surface area contributed by atoms with Crippen molar-refractivity contribution in [3.63, 3.8) is 0 Å². The molecule has 6 nitrogen and oxygen atoms in total. The molecule has 0 bridgehead atoms. The summed E-state index contributed by atoms with van der Waals surface area (Å²) >= 11 is 0. The number of hydrogen-bond acceptors (Lipinski definition) is 4. The Morgan fingerprint density at radius 1 is 1.43 bits per heavy atom. The van der Waals surface area contributed by atoms with E-state index in [-0.39, 0.29) is 6.04 Å². The molecule has 0 radical (unpaired) electrons. The van der Waals surface area contributed by atoms with E-state index in [1.54, 1.807) is 26.8 Å². The lowest BCUT2D eigenvalue weighted by Crippen LogP contribution is -2.40. The largest absolute Gasteiger partial charge is 0.444 e. The molecule has 1 saturated heterocycles. The van der Waals surface area contributed by atoms with E-state index in [0.717, 1.165) is 0 Å². The second-order valence-electron chi connectivity index (χ2n) is 6.48. The first-order chi connectivity index (χ1) is 10.8. The maximum absolute atomic E-state index is 14.1. The van der Waals surface area contributed by atoms with Crippen LogP contribution in [0, 0.1) is 5.82 Å². The van der Waals surface area contributed by atoms with Gasteiger partial charge in [-0.25, -0.2) is 9.18 Å². The fourth-order valence-corrected chi connectivity index (χ4v) is 2.57. The number of nitrogens with zero attached hydrogens (tertiary/aromatic N) is 1. The van der Waals surface area contributed by atoms with Crippen LogP contribution in [0.5, 0.6) is 0 Å². The second-order valence-corrected chi connectivity index (χ2v) is 6.48. The van der Waals surface area contributed by atoms with Gasteiger partial charge in [-0.15, -0.1) is 0 Å². The fraction of sp³-hybridized carbons (Fsp3) is 0.500. The van der Waals surface area contributed by atoms with E-state index < -0.39 is 17.5 Å². The van der Waals surface area contributed by atoms with Crippen molar-refractivity contribution in [3.05, 3.63) is 24.0 Å². The van der Waals surface area contributed by atoms with Gasteiger partial charge in [-0.05, 0) is 39.3 Å². The molecule has 7 heteroatoms. The van der Waals surface area contributed by atoms with Crippen molar-refractivity contribution in [3.8, 4) is 0 Å². The molecule has 2 N–H and O–H groups in total. The Morgan fingerprint density at radius 3 is 2.83 bits per heavy atom. The zero-order valence-corrected chi connectivity index (χ0v) is 13.6. The topological polar surface area (TPSA) is 70.7 Å². The average Bonchev–Trinajstić information content (AvgIpc) is 2.85. The van der Waals surface area contributed by atoms with Gasteiger partial charge in [0.1, 0.15) is 11.4 Å². The van der Waals surface area contributed by atoms with Gasteiger partial charge >= 0.3 is 6.09 Å². The Morgan fingerprint density at radius 2 is 2.17 bits per heavy atom. The van der Waals surface area contributed by atoms with Crippen LogP contribution in [0.25, 0.3) is 0 Å². The molecular formula is C16H22FN3O3. The number of rotatable bonds is 4. The lowest BCUT2D eigenvalue weighted by atomic mass is 10.2. The number of alkyl carbamates (subject to hydrolysis) is 1. The zero-order valence-electron chi connectivity index (χ0n) is 13.6. The number of carbonyl (C=O) groups excluding carboxylic acids is 2. The predicted octanol–water partition coefficient (Wildman–Crippen LogP) is 2.50. The van der Waals surface area contributed by atoms with E-state index in [1.807, 2.05) is 4.90 Å². The summed E-state index contributed by atoms with van der Waals surface area (Å²) in [6, 6.07) is 4.40. The van der Waals surface area contributed by atoms with Crippen LogP contribution in [-0.4, -0.2) is 37.2 Å². The van der Waals surface area contributed by atoms with Gasteiger partial charge in [0.25, 0.3) is 0 Å². The summed E-state index contributed by atoms with van der Waals surface area (Å²) in [5.41, 5.74) is 0.195. The Balaban J connectivity index is 2.03. The zero-order chi connectivity index (χ0) is 17.0. The first-order valence-electron chi connectivity index (χ1n) is 7.53. The Hall–Kier alpha value is -2.31. The minimum atomic E-state index is -0.561. The molecule has 2 rings (SSSR count). The number of hydrogen-bond donors (Lipinski definition) is 2. The van der Waals surface area contributed by atoms with Crippen LogP contribution >= 0.6 is 0 Å². The van der Waals surface area contributed by atoms with Crippen LogP contribution in [0.15, 0.2) is 18.2 Å². The Kier molecular flexibility index (Phi) is 5.08. The van der Waals surface area contributed by atoms with Crippen molar-refractivity contribution in [2.75, 3.05) is 23.3 Å². The minimum Gasteiger partial charge on any atom is -0.444 e. The van der Waals surface area contributed by atoms with E-state index >= 15 is 0 Å². The minimum absolute atomic E-state index is 0.131. The van der Waals surface area contributed by atoms with Crippen molar-refractivity contribution in [2.45, 2.75) is 38.8 Å². The first-order valence-corrected chi connectivity index (χ1v) is 7.53. The Labute approximate surface area is 135 Å². The van der Waals surface area contributed by atoms with Crippen LogP contribution in [0.4, 0.5) is 20.6 Å².